The van der Waals surface area contributed by atoms with Crippen LogP contribution in [0, 0.1) is 5.92 Å². The second kappa shape index (κ2) is 5.46. The molecule has 1 aliphatic rings. The number of benzene rings is 1. The molecule has 1 aromatic rings. The second-order valence-electron chi connectivity index (χ2n) is 4.85. The molecule has 1 aliphatic carbocycles. The van der Waals surface area contributed by atoms with Gasteiger partial charge in [-0.3, -0.25) is 0 Å². The van der Waals surface area contributed by atoms with Gasteiger partial charge in [0.25, 0.3) is 0 Å². The summed E-state index contributed by atoms with van der Waals surface area (Å²) in [5.74, 6) is 0.753. The lowest BCUT2D eigenvalue weighted by Crippen LogP contribution is -2.34. The average Bonchev–Trinajstić information content (AvgIpc) is 2.73. The number of nitrogens with one attached hydrogen (secondary N) is 1. The zero-order chi connectivity index (χ0) is 11.4. The molecule has 3 unspecified atom stereocenters. The van der Waals surface area contributed by atoms with Crippen molar-refractivity contribution >= 4 is 0 Å². The van der Waals surface area contributed by atoms with Crippen LogP contribution < -0.4 is 5.32 Å². The van der Waals surface area contributed by atoms with Gasteiger partial charge in [0.1, 0.15) is 0 Å². The predicted octanol–water partition coefficient (Wildman–Crippen LogP) is 2.50. The molecule has 88 valence electrons. The van der Waals surface area contributed by atoms with E-state index in [4.69, 9.17) is 0 Å². The van der Waals surface area contributed by atoms with Gasteiger partial charge in [-0.05, 0) is 24.3 Å². The van der Waals surface area contributed by atoms with Crippen LogP contribution >= 0.6 is 0 Å². The zero-order valence-electron chi connectivity index (χ0n) is 9.89. The Kier molecular flexibility index (Phi) is 3.97. The normalized spacial score (nSPS) is 26.9. The van der Waals surface area contributed by atoms with Gasteiger partial charge >= 0.3 is 0 Å². The van der Waals surface area contributed by atoms with E-state index in [1.807, 2.05) is 30.3 Å². The van der Waals surface area contributed by atoms with Crippen LogP contribution in [-0.4, -0.2) is 17.7 Å². The van der Waals surface area contributed by atoms with Crippen molar-refractivity contribution < 1.29 is 5.11 Å². The molecular weight excluding hydrogens is 198 g/mol. The lowest BCUT2D eigenvalue weighted by atomic mass is 10.1. The van der Waals surface area contributed by atoms with Crippen molar-refractivity contribution in [1.82, 2.24) is 5.32 Å². The first-order valence-electron chi connectivity index (χ1n) is 6.24. The van der Waals surface area contributed by atoms with Gasteiger partial charge in [0.15, 0.2) is 0 Å². The van der Waals surface area contributed by atoms with Crippen LogP contribution in [0.2, 0.25) is 0 Å². The smallest absolute Gasteiger partial charge is 0.0914 e. The zero-order valence-corrected chi connectivity index (χ0v) is 9.89. The van der Waals surface area contributed by atoms with Crippen molar-refractivity contribution in [3.8, 4) is 0 Å². The second-order valence-corrected chi connectivity index (χ2v) is 4.85. The first-order chi connectivity index (χ1) is 7.77. The highest BCUT2D eigenvalue weighted by atomic mass is 16.3. The van der Waals surface area contributed by atoms with E-state index in [2.05, 4.69) is 12.2 Å². The standard InChI is InChI=1S/C14H21NO/c1-11-6-5-9-13(11)15-10-14(16)12-7-3-2-4-8-12/h2-4,7-8,11,13-16H,5-6,9-10H2,1H3. The van der Waals surface area contributed by atoms with Gasteiger partial charge in [0, 0.05) is 12.6 Å². The van der Waals surface area contributed by atoms with E-state index in [-0.39, 0.29) is 6.10 Å². The SMILES string of the molecule is CC1CCCC1NCC(O)c1ccccc1. The maximum Gasteiger partial charge on any atom is 0.0914 e. The fraction of sp³-hybridized carbons (Fsp3) is 0.571. The molecule has 3 atom stereocenters. The number of aliphatic hydroxyl groups is 1. The van der Waals surface area contributed by atoms with Crippen LogP contribution in [0.1, 0.15) is 37.9 Å². The first kappa shape index (κ1) is 11.6. The minimum absolute atomic E-state index is 0.381. The number of hydrogen-bond donors (Lipinski definition) is 2. The van der Waals surface area contributed by atoms with E-state index in [1.165, 1.54) is 19.3 Å². The minimum atomic E-state index is -0.381. The third-order valence-corrected chi connectivity index (χ3v) is 3.62. The van der Waals surface area contributed by atoms with Gasteiger partial charge in [0.2, 0.25) is 0 Å². The molecule has 2 heteroatoms. The molecule has 16 heavy (non-hydrogen) atoms. The molecular formula is C14H21NO. The topological polar surface area (TPSA) is 32.3 Å². The third-order valence-electron chi connectivity index (χ3n) is 3.62. The fourth-order valence-electron chi connectivity index (χ4n) is 2.50. The van der Waals surface area contributed by atoms with Crippen molar-refractivity contribution in [3.05, 3.63) is 35.9 Å². The highest BCUT2D eigenvalue weighted by molar-refractivity contribution is 5.17. The number of rotatable bonds is 4. The van der Waals surface area contributed by atoms with Crippen molar-refractivity contribution in [3.63, 3.8) is 0 Å². The van der Waals surface area contributed by atoms with Gasteiger partial charge in [-0.2, -0.15) is 0 Å². The molecule has 1 fully saturated rings. The van der Waals surface area contributed by atoms with Gasteiger partial charge in [0.05, 0.1) is 6.10 Å². The van der Waals surface area contributed by atoms with Crippen LogP contribution in [0.5, 0.6) is 0 Å². The maximum atomic E-state index is 10.0. The molecule has 1 aromatic carbocycles. The van der Waals surface area contributed by atoms with E-state index >= 15 is 0 Å². The summed E-state index contributed by atoms with van der Waals surface area (Å²) in [7, 11) is 0. The highest BCUT2D eigenvalue weighted by Gasteiger charge is 2.23. The molecule has 0 radical (unpaired) electrons. The molecule has 2 nitrogen and oxygen atoms in total. The number of hydrogen-bond acceptors (Lipinski definition) is 2. The van der Waals surface area contributed by atoms with Crippen LogP contribution in [0.3, 0.4) is 0 Å². The Balaban J connectivity index is 1.82. The average molecular weight is 219 g/mol. The Morgan fingerprint density at radius 2 is 2.06 bits per heavy atom. The van der Waals surface area contributed by atoms with Gasteiger partial charge in [-0.1, -0.05) is 43.7 Å². The molecule has 0 aliphatic heterocycles. The van der Waals surface area contributed by atoms with E-state index in [9.17, 15) is 5.11 Å². The van der Waals surface area contributed by atoms with Crippen LogP contribution in [0.15, 0.2) is 30.3 Å². The van der Waals surface area contributed by atoms with Crippen molar-refractivity contribution in [2.45, 2.75) is 38.3 Å². The van der Waals surface area contributed by atoms with E-state index in [1.54, 1.807) is 0 Å². The summed E-state index contributed by atoms with van der Waals surface area (Å²) in [5, 5.41) is 13.5. The van der Waals surface area contributed by atoms with E-state index in [0.29, 0.717) is 12.6 Å². The predicted molar refractivity (Wildman–Crippen MR) is 66.2 cm³/mol. The number of aliphatic hydroxyl groups excluding tert-OH is 1. The molecule has 0 saturated heterocycles. The van der Waals surface area contributed by atoms with E-state index < -0.39 is 0 Å². The van der Waals surface area contributed by atoms with Crippen LogP contribution in [-0.2, 0) is 0 Å². The third kappa shape index (κ3) is 2.83. The van der Waals surface area contributed by atoms with Gasteiger partial charge in [-0.15, -0.1) is 0 Å². The quantitative estimate of drug-likeness (QED) is 0.815. The van der Waals surface area contributed by atoms with Crippen molar-refractivity contribution in [2.75, 3.05) is 6.54 Å². The molecule has 1 saturated carbocycles. The monoisotopic (exact) mass is 219 g/mol. The molecule has 0 spiro atoms. The molecule has 0 amide bonds. The summed E-state index contributed by atoms with van der Waals surface area (Å²) in [6.45, 7) is 2.96. The summed E-state index contributed by atoms with van der Waals surface area (Å²) in [5.41, 5.74) is 1.00. The van der Waals surface area contributed by atoms with Crippen molar-refractivity contribution in [2.24, 2.45) is 5.92 Å². The van der Waals surface area contributed by atoms with Crippen LogP contribution in [0.4, 0.5) is 0 Å². The highest BCUT2D eigenvalue weighted by Crippen LogP contribution is 2.25. The lowest BCUT2D eigenvalue weighted by molar-refractivity contribution is 0.167. The summed E-state index contributed by atoms with van der Waals surface area (Å²) >= 11 is 0. The largest absolute Gasteiger partial charge is 0.387 e. The van der Waals surface area contributed by atoms with Gasteiger partial charge in [-0.25, -0.2) is 0 Å². The molecule has 2 N–H and O–H groups in total. The van der Waals surface area contributed by atoms with E-state index in [0.717, 1.165) is 11.5 Å². The Hall–Kier alpha value is -0.860. The summed E-state index contributed by atoms with van der Waals surface area (Å²) < 4.78 is 0. The summed E-state index contributed by atoms with van der Waals surface area (Å²) in [4.78, 5) is 0. The lowest BCUT2D eigenvalue weighted by Gasteiger charge is -2.20. The van der Waals surface area contributed by atoms with Crippen LogP contribution in [0.25, 0.3) is 0 Å². The molecule has 2 rings (SSSR count). The summed E-state index contributed by atoms with van der Waals surface area (Å²) in [6.07, 6.45) is 3.51. The summed E-state index contributed by atoms with van der Waals surface area (Å²) in [6, 6.07) is 10.5. The fourth-order valence-corrected chi connectivity index (χ4v) is 2.50. The first-order valence-corrected chi connectivity index (χ1v) is 6.24. The van der Waals surface area contributed by atoms with Crippen molar-refractivity contribution in [1.29, 1.82) is 0 Å². The Labute approximate surface area is 97.7 Å². The Bertz CT molecular complexity index is 312. The maximum absolute atomic E-state index is 10.0. The molecule has 0 bridgehead atoms. The molecule has 0 aromatic heterocycles. The minimum Gasteiger partial charge on any atom is -0.387 e. The Morgan fingerprint density at radius 3 is 2.69 bits per heavy atom. The molecule has 0 heterocycles. The van der Waals surface area contributed by atoms with Gasteiger partial charge < -0.3 is 10.4 Å². The Morgan fingerprint density at radius 1 is 1.31 bits per heavy atom.